The predicted octanol–water partition coefficient (Wildman–Crippen LogP) is 5.28. The number of ether oxygens (including phenoxy) is 2. The highest BCUT2D eigenvalue weighted by Crippen LogP contribution is 2.43. The molecule has 0 bridgehead atoms. The SMILES string of the molecule is CCn1nc(C(=O)NC[C@H]2CC[C@H](S(C)(=O)=O)CO2)c(Cl)c1-c1ccc(CC(C)(C)C(F)(F)F)cc1OC(F)F. The van der Waals surface area contributed by atoms with Crippen LogP contribution in [0.4, 0.5) is 22.0 Å². The molecule has 15 heteroatoms. The van der Waals surface area contributed by atoms with Gasteiger partial charge in [-0.1, -0.05) is 31.5 Å². The van der Waals surface area contributed by atoms with E-state index >= 15 is 0 Å². The van der Waals surface area contributed by atoms with Crippen molar-refractivity contribution >= 4 is 27.3 Å². The van der Waals surface area contributed by atoms with E-state index in [-0.39, 0.29) is 47.2 Å². The number of halogens is 6. The molecule has 1 aliphatic rings. The molecule has 0 aliphatic carbocycles. The number of amides is 1. The fourth-order valence-corrected chi connectivity index (χ4v) is 5.53. The number of sulfone groups is 1. The second-order valence-electron chi connectivity index (χ2n) is 10.3. The Morgan fingerprint density at radius 2 is 1.95 bits per heavy atom. The number of benzene rings is 1. The van der Waals surface area contributed by atoms with Crippen LogP contribution in [0.2, 0.25) is 5.02 Å². The normalized spacial score (nSPS) is 18.7. The highest BCUT2D eigenvalue weighted by Gasteiger charge is 2.47. The molecule has 1 amide bonds. The summed E-state index contributed by atoms with van der Waals surface area (Å²) in [5, 5.41) is 6.08. The lowest BCUT2D eigenvalue weighted by Gasteiger charge is -2.28. The number of carbonyl (C=O) groups excluding carboxylic acids is 1. The molecule has 40 heavy (non-hydrogen) atoms. The van der Waals surface area contributed by atoms with Gasteiger partial charge in [-0.2, -0.15) is 27.1 Å². The zero-order valence-electron chi connectivity index (χ0n) is 22.3. The third-order valence-corrected chi connectivity index (χ3v) is 8.70. The Kier molecular flexibility index (Phi) is 9.78. The summed E-state index contributed by atoms with van der Waals surface area (Å²) in [6.45, 7) is 0.660. The maximum Gasteiger partial charge on any atom is 0.394 e. The lowest BCUT2D eigenvalue weighted by molar-refractivity contribution is -0.211. The molecule has 1 aromatic heterocycles. The van der Waals surface area contributed by atoms with Crippen molar-refractivity contribution in [2.45, 2.75) is 70.7 Å². The Bertz CT molecular complexity index is 1320. The van der Waals surface area contributed by atoms with Crippen molar-refractivity contribution in [2.24, 2.45) is 5.41 Å². The molecule has 0 spiro atoms. The number of hydrogen-bond donors (Lipinski definition) is 1. The van der Waals surface area contributed by atoms with Gasteiger partial charge in [0.15, 0.2) is 15.5 Å². The molecular formula is C25H31ClF5N3O5S. The van der Waals surface area contributed by atoms with Gasteiger partial charge in [0.05, 0.1) is 34.1 Å². The fourth-order valence-electron chi connectivity index (χ4n) is 4.32. The molecular weight excluding hydrogens is 585 g/mol. The smallest absolute Gasteiger partial charge is 0.394 e. The molecule has 0 saturated carbocycles. The standard InChI is InChI=1S/C25H31ClF5N3O5S/c1-5-34-21(17-9-6-14(10-18(17)39-23(27)28)11-24(2,3)25(29,30)31)19(26)20(33-34)22(35)32-12-15-7-8-16(13-38-15)40(4,36)37/h6,9-10,15-16,23H,5,7-8,11-13H2,1-4H3,(H,32,35)/t15-,16+/m1/s1. The fraction of sp³-hybridized carbons (Fsp3) is 0.600. The van der Waals surface area contributed by atoms with E-state index in [1.54, 1.807) is 6.92 Å². The van der Waals surface area contributed by atoms with E-state index < -0.39 is 57.5 Å². The van der Waals surface area contributed by atoms with Gasteiger partial charge in [-0.25, -0.2) is 8.42 Å². The minimum absolute atomic E-state index is 0.0117. The van der Waals surface area contributed by atoms with Crippen LogP contribution in [0, 0.1) is 5.41 Å². The average Bonchev–Trinajstić information content (AvgIpc) is 3.17. The van der Waals surface area contributed by atoms with Gasteiger partial charge >= 0.3 is 12.8 Å². The quantitative estimate of drug-likeness (QED) is 0.365. The van der Waals surface area contributed by atoms with Crippen molar-refractivity contribution in [3.05, 3.63) is 34.5 Å². The summed E-state index contributed by atoms with van der Waals surface area (Å²) in [4.78, 5) is 12.9. The summed E-state index contributed by atoms with van der Waals surface area (Å²) in [6.07, 6.45) is -3.50. The zero-order valence-corrected chi connectivity index (χ0v) is 23.9. The second-order valence-corrected chi connectivity index (χ2v) is 13.0. The number of nitrogens with one attached hydrogen (secondary N) is 1. The van der Waals surface area contributed by atoms with Gasteiger partial charge in [0.2, 0.25) is 0 Å². The van der Waals surface area contributed by atoms with Gasteiger partial charge in [-0.3, -0.25) is 9.48 Å². The van der Waals surface area contributed by atoms with E-state index in [1.165, 1.54) is 16.8 Å². The molecule has 1 fully saturated rings. The lowest BCUT2D eigenvalue weighted by atomic mass is 9.84. The first-order valence-corrected chi connectivity index (χ1v) is 14.8. The predicted molar refractivity (Wildman–Crippen MR) is 138 cm³/mol. The molecule has 0 radical (unpaired) electrons. The first-order chi connectivity index (χ1) is 18.4. The van der Waals surface area contributed by atoms with E-state index in [0.717, 1.165) is 26.2 Å². The highest BCUT2D eigenvalue weighted by atomic mass is 35.5. The van der Waals surface area contributed by atoms with Crippen LogP contribution in [0.25, 0.3) is 11.3 Å². The molecule has 2 atom stereocenters. The van der Waals surface area contributed by atoms with Crippen LogP contribution < -0.4 is 10.1 Å². The van der Waals surface area contributed by atoms with Crippen molar-refractivity contribution in [1.82, 2.24) is 15.1 Å². The summed E-state index contributed by atoms with van der Waals surface area (Å²) < 4.78 is 102. The minimum Gasteiger partial charge on any atom is -0.434 e. The third-order valence-electron chi connectivity index (χ3n) is 6.76. The summed E-state index contributed by atoms with van der Waals surface area (Å²) in [5.41, 5.74) is -2.11. The van der Waals surface area contributed by atoms with Crippen molar-refractivity contribution in [3.63, 3.8) is 0 Å². The number of hydrogen-bond acceptors (Lipinski definition) is 6. The van der Waals surface area contributed by atoms with Crippen molar-refractivity contribution in [2.75, 3.05) is 19.4 Å². The van der Waals surface area contributed by atoms with Gasteiger partial charge in [0, 0.05) is 24.9 Å². The van der Waals surface area contributed by atoms with E-state index in [2.05, 4.69) is 15.2 Å². The average molecular weight is 616 g/mol. The molecule has 2 aromatic rings. The molecule has 2 heterocycles. The Labute approximate surface area is 234 Å². The van der Waals surface area contributed by atoms with Crippen LogP contribution in [0.1, 0.15) is 49.7 Å². The van der Waals surface area contributed by atoms with E-state index in [4.69, 9.17) is 16.3 Å². The summed E-state index contributed by atoms with van der Waals surface area (Å²) in [5.74, 6) is -1.09. The molecule has 1 saturated heterocycles. The number of aryl methyl sites for hydroxylation is 1. The van der Waals surface area contributed by atoms with Gasteiger partial charge in [-0.15, -0.1) is 0 Å². The Morgan fingerprint density at radius 3 is 2.48 bits per heavy atom. The first-order valence-electron chi connectivity index (χ1n) is 12.4. The summed E-state index contributed by atoms with van der Waals surface area (Å²) in [6, 6.07) is 3.76. The van der Waals surface area contributed by atoms with E-state index in [9.17, 15) is 35.2 Å². The minimum atomic E-state index is -4.53. The maximum atomic E-state index is 13.4. The van der Waals surface area contributed by atoms with E-state index in [0.29, 0.717) is 12.8 Å². The monoisotopic (exact) mass is 615 g/mol. The summed E-state index contributed by atoms with van der Waals surface area (Å²) in [7, 11) is -3.24. The van der Waals surface area contributed by atoms with Crippen molar-refractivity contribution in [3.8, 4) is 17.0 Å². The zero-order chi connectivity index (χ0) is 30.0. The Morgan fingerprint density at radius 1 is 1.27 bits per heavy atom. The molecule has 8 nitrogen and oxygen atoms in total. The summed E-state index contributed by atoms with van der Waals surface area (Å²) >= 11 is 6.51. The molecule has 0 unspecified atom stereocenters. The number of alkyl halides is 5. The van der Waals surface area contributed by atoms with Gasteiger partial charge in [0.1, 0.15) is 5.75 Å². The maximum absolute atomic E-state index is 13.4. The molecule has 224 valence electrons. The number of rotatable bonds is 10. The van der Waals surface area contributed by atoms with Crippen LogP contribution >= 0.6 is 11.6 Å². The Balaban J connectivity index is 1.86. The second kappa shape index (κ2) is 12.2. The van der Waals surface area contributed by atoms with E-state index in [1.807, 2.05) is 0 Å². The number of aromatic nitrogens is 2. The molecule has 1 aliphatic heterocycles. The van der Waals surface area contributed by atoms with Crippen molar-refractivity contribution in [1.29, 1.82) is 0 Å². The van der Waals surface area contributed by atoms with Gasteiger partial charge < -0.3 is 14.8 Å². The number of carbonyl (C=O) groups is 1. The van der Waals surface area contributed by atoms with Crippen molar-refractivity contribution < 1.29 is 44.6 Å². The van der Waals surface area contributed by atoms with Gasteiger partial charge in [-0.05, 0) is 43.9 Å². The van der Waals surface area contributed by atoms with Crippen LogP contribution in [0.5, 0.6) is 5.75 Å². The van der Waals surface area contributed by atoms with Gasteiger partial charge in [0.25, 0.3) is 5.91 Å². The number of nitrogens with zero attached hydrogens (tertiary/aromatic N) is 2. The molecule has 1 N–H and O–H groups in total. The first kappa shape index (κ1) is 32.1. The van der Waals surface area contributed by atoms with Crippen LogP contribution in [-0.2, 0) is 27.5 Å². The third kappa shape index (κ3) is 7.43. The van der Waals surface area contributed by atoms with Crippen LogP contribution in [0.3, 0.4) is 0 Å². The topological polar surface area (TPSA) is 99.5 Å². The highest BCUT2D eigenvalue weighted by molar-refractivity contribution is 7.91. The largest absolute Gasteiger partial charge is 0.434 e. The molecule has 1 aromatic carbocycles. The molecule has 3 rings (SSSR count). The lowest BCUT2D eigenvalue weighted by Crippen LogP contribution is -2.41. The van der Waals surface area contributed by atoms with Crippen LogP contribution in [-0.4, -0.2) is 67.7 Å². The van der Waals surface area contributed by atoms with Crippen LogP contribution in [0.15, 0.2) is 18.2 Å². The Hall–Kier alpha value is -2.45.